The van der Waals surface area contributed by atoms with E-state index in [0.29, 0.717) is 30.8 Å². The summed E-state index contributed by atoms with van der Waals surface area (Å²) in [4.78, 5) is 33.7. The lowest BCUT2D eigenvalue weighted by molar-refractivity contribution is 0.0731. The van der Waals surface area contributed by atoms with Gasteiger partial charge in [-0.3, -0.25) is 9.59 Å². The quantitative estimate of drug-likeness (QED) is 0.898. The monoisotopic (exact) mass is 296 g/mol. The maximum Gasteiger partial charge on any atom is 0.286 e. The number of nitrogens with two attached hydrogens (primary N) is 1. The fraction of sp³-hybridized carbons (Fsp3) is 0.250. The molecule has 22 heavy (non-hydrogen) atoms. The number of hydrogen-bond acceptors (Lipinski definition) is 4. The van der Waals surface area contributed by atoms with Gasteiger partial charge in [-0.25, -0.2) is 9.97 Å². The van der Waals surface area contributed by atoms with Gasteiger partial charge in [0.05, 0.1) is 12.2 Å². The molecule has 0 saturated heterocycles. The summed E-state index contributed by atoms with van der Waals surface area (Å²) in [7, 11) is 0. The molecule has 2 amide bonds. The molecule has 1 aliphatic rings. The largest absolute Gasteiger partial charge is 0.363 e. The number of amides is 2. The number of aryl methyl sites for hydroxylation is 1. The Bertz CT molecular complexity index is 758. The zero-order valence-corrected chi connectivity index (χ0v) is 12.2. The molecule has 0 saturated carbocycles. The van der Waals surface area contributed by atoms with Crippen LogP contribution in [0, 0.1) is 6.92 Å². The Morgan fingerprint density at radius 3 is 2.77 bits per heavy atom. The van der Waals surface area contributed by atoms with Gasteiger partial charge in [-0.2, -0.15) is 0 Å². The van der Waals surface area contributed by atoms with Gasteiger partial charge in [0.1, 0.15) is 0 Å². The molecule has 1 aromatic heterocycles. The Kier molecular flexibility index (Phi) is 3.58. The van der Waals surface area contributed by atoms with E-state index in [1.54, 1.807) is 11.1 Å². The van der Waals surface area contributed by atoms with Gasteiger partial charge in [0.2, 0.25) is 5.82 Å². The number of hydrogen-bond donors (Lipinski definition) is 1. The predicted octanol–water partition coefficient (Wildman–Crippen LogP) is 1.08. The third kappa shape index (κ3) is 2.55. The second-order valence-electron chi connectivity index (χ2n) is 5.32. The SMILES string of the molecule is Cc1ccccc1C(=O)N1CCc2cnc(C(N)=O)nc2C1. The van der Waals surface area contributed by atoms with Crippen LogP contribution in [-0.2, 0) is 13.0 Å². The van der Waals surface area contributed by atoms with E-state index in [1.807, 2.05) is 31.2 Å². The summed E-state index contributed by atoms with van der Waals surface area (Å²) in [6.45, 7) is 2.89. The maximum atomic E-state index is 12.6. The summed E-state index contributed by atoms with van der Waals surface area (Å²) in [6, 6.07) is 7.50. The van der Waals surface area contributed by atoms with E-state index < -0.39 is 5.91 Å². The van der Waals surface area contributed by atoms with Crippen LogP contribution in [0.4, 0.5) is 0 Å². The molecule has 112 valence electrons. The molecule has 6 nitrogen and oxygen atoms in total. The summed E-state index contributed by atoms with van der Waals surface area (Å²) in [5.74, 6) is -0.697. The Morgan fingerprint density at radius 1 is 1.27 bits per heavy atom. The first-order valence-electron chi connectivity index (χ1n) is 7.06. The van der Waals surface area contributed by atoms with Crippen molar-refractivity contribution in [1.29, 1.82) is 0 Å². The molecule has 0 bridgehead atoms. The summed E-state index contributed by atoms with van der Waals surface area (Å²) < 4.78 is 0. The Morgan fingerprint density at radius 2 is 2.05 bits per heavy atom. The number of fused-ring (bicyclic) bond motifs is 1. The molecular weight excluding hydrogens is 280 g/mol. The molecular formula is C16H16N4O2. The summed E-state index contributed by atoms with van der Waals surface area (Å²) in [6.07, 6.45) is 2.30. The lowest BCUT2D eigenvalue weighted by Gasteiger charge is -2.28. The summed E-state index contributed by atoms with van der Waals surface area (Å²) >= 11 is 0. The minimum absolute atomic E-state index is 0.0102. The van der Waals surface area contributed by atoms with Crippen molar-refractivity contribution in [3.8, 4) is 0 Å². The molecule has 0 spiro atoms. The normalized spacial score (nSPS) is 13.6. The highest BCUT2D eigenvalue weighted by Gasteiger charge is 2.24. The van der Waals surface area contributed by atoms with E-state index in [9.17, 15) is 9.59 Å². The second-order valence-corrected chi connectivity index (χ2v) is 5.32. The summed E-state index contributed by atoms with van der Waals surface area (Å²) in [5, 5.41) is 0. The minimum atomic E-state index is -0.662. The topological polar surface area (TPSA) is 89.2 Å². The van der Waals surface area contributed by atoms with Crippen molar-refractivity contribution >= 4 is 11.8 Å². The number of primary amides is 1. The fourth-order valence-corrected chi connectivity index (χ4v) is 2.58. The lowest BCUT2D eigenvalue weighted by atomic mass is 10.0. The van der Waals surface area contributed by atoms with Crippen LogP contribution in [0.2, 0.25) is 0 Å². The van der Waals surface area contributed by atoms with Crippen molar-refractivity contribution in [3.05, 3.63) is 58.7 Å². The van der Waals surface area contributed by atoms with Crippen molar-refractivity contribution in [1.82, 2.24) is 14.9 Å². The number of carbonyl (C=O) groups excluding carboxylic acids is 2. The molecule has 0 aliphatic carbocycles. The van der Waals surface area contributed by atoms with Crippen LogP contribution in [0.15, 0.2) is 30.5 Å². The van der Waals surface area contributed by atoms with E-state index in [1.165, 1.54) is 0 Å². The molecule has 6 heteroatoms. The van der Waals surface area contributed by atoms with E-state index in [-0.39, 0.29) is 11.7 Å². The first-order valence-corrected chi connectivity index (χ1v) is 7.06. The molecule has 0 fully saturated rings. The molecule has 2 heterocycles. The van der Waals surface area contributed by atoms with Crippen LogP contribution in [0.1, 0.15) is 37.8 Å². The Labute approximate surface area is 128 Å². The first-order chi connectivity index (χ1) is 10.6. The van der Waals surface area contributed by atoms with Gasteiger partial charge >= 0.3 is 0 Å². The highest BCUT2D eigenvalue weighted by Crippen LogP contribution is 2.19. The van der Waals surface area contributed by atoms with Gasteiger partial charge in [0.15, 0.2) is 0 Å². The molecule has 0 unspecified atom stereocenters. The van der Waals surface area contributed by atoms with Crippen LogP contribution in [0.3, 0.4) is 0 Å². The van der Waals surface area contributed by atoms with E-state index in [0.717, 1.165) is 11.1 Å². The number of carbonyl (C=O) groups is 2. The number of nitrogens with zero attached hydrogens (tertiary/aromatic N) is 3. The maximum absolute atomic E-state index is 12.6. The standard InChI is InChI=1S/C16H16N4O2/c1-10-4-2-3-5-12(10)16(22)20-7-6-11-8-18-15(14(17)21)19-13(11)9-20/h2-5,8H,6-7,9H2,1H3,(H2,17,21). The third-order valence-corrected chi connectivity index (χ3v) is 3.83. The smallest absolute Gasteiger partial charge is 0.286 e. The van der Waals surface area contributed by atoms with Crippen molar-refractivity contribution in [2.24, 2.45) is 5.73 Å². The van der Waals surface area contributed by atoms with Crippen LogP contribution in [-0.4, -0.2) is 33.2 Å². The molecule has 0 atom stereocenters. The highest BCUT2D eigenvalue weighted by molar-refractivity contribution is 5.95. The van der Waals surface area contributed by atoms with Crippen molar-refractivity contribution < 1.29 is 9.59 Å². The Hall–Kier alpha value is -2.76. The molecule has 0 radical (unpaired) electrons. The van der Waals surface area contributed by atoms with E-state index in [4.69, 9.17) is 5.73 Å². The molecule has 2 aromatic rings. The molecule has 1 aromatic carbocycles. The average molecular weight is 296 g/mol. The van der Waals surface area contributed by atoms with E-state index >= 15 is 0 Å². The second kappa shape index (κ2) is 5.55. The van der Waals surface area contributed by atoms with E-state index in [2.05, 4.69) is 9.97 Å². The number of aromatic nitrogens is 2. The van der Waals surface area contributed by atoms with Crippen LogP contribution >= 0.6 is 0 Å². The predicted molar refractivity (Wildman–Crippen MR) is 80.2 cm³/mol. The van der Waals surface area contributed by atoms with Crippen LogP contribution in [0.25, 0.3) is 0 Å². The van der Waals surface area contributed by atoms with Gasteiger partial charge in [-0.05, 0) is 30.5 Å². The molecule has 1 aliphatic heterocycles. The van der Waals surface area contributed by atoms with Crippen LogP contribution < -0.4 is 5.73 Å². The van der Waals surface area contributed by atoms with Crippen molar-refractivity contribution in [2.75, 3.05) is 6.54 Å². The van der Waals surface area contributed by atoms with Crippen LogP contribution in [0.5, 0.6) is 0 Å². The number of benzene rings is 1. The van der Waals surface area contributed by atoms with Gasteiger partial charge in [-0.1, -0.05) is 18.2 Å². The zero-order chi connectivity index (χ0) is 15.7. The van der Waals surface area contributed by atoms with Crippen molar-refractivity contribution in [2.45, 2.75) is 19.9 Å². The Balaban J connectivity index is 1.87. The lowest BCUT2D eigenvalue weighted by Crippen LogP contribution is -2.37. The third-order valence-electron chi connectivity index (χ3n) is 3.83. The molecule has 3 rings (SSSR count). The summed E-state index contributed by atoms with van der Waals surface area (Å²) in [5.41, 5.74) is 8.49. The minimum Gasteiger partial charge on any atom is -0.363 e. The van der Waals surface area contributed by atoms with Crippen molar-refractivity contribution in [3.63, 3.8) is 0 Å². The number of rotatable bonds is 2. The highest BCUT2D eigenvalue weighted by atomic mass is 16.2. The first kappa shape index (κ1) is 14.2. The van der Waals surface area contributed by atoms with Gasteiger partial charge in [-0.15, -0.1) is 0 Å². The zero-order valence-electron chi connectivity index (χ0n) is 12.2. The van der Waals surface area contributed by atoms with Gasteiger partial charge in [0, 0.05) is 18.3 Å². The molecule has 2 N–H and O–H groups in total. The average Bonchev–Trinajstić information content (AvgIpc) is 2.53. The van der Waals surface area contributed by atoms with Gasteiger partial charge < -0.3 is 10.6 Å². The fourth-order valence-electron chi connectivity index (χ4n) is 2.58. The van der Waals surface area contributed by atoms with Gasteiger partial charge in [0.25, 0.3) is 11.8 Å².